The molecule has 3 rings (SSSR count). The molecular formula is C17H30N4. The lowest BCUT2D eigenvalue weighted by molar-refractivity contribution is 0.0421. The first kappa shape index (κ1) is 15.0. The first-order valence-electron chi connectivity index (χ1n) is 8.68. The fraction of sp³-hybridized carbons (Fsp3) is 0.824. The molecule has 2 fully saturated rings. The van der Waals surface area contributed by atoms with E-state index in [1.165, 1.54) is 63.7 Å². The molecule has 0 amide bonds. The van der Waals surface area contributed by atoms with Gasteiger partial charge in [-0.05, 0) is 31.2 Å². The molecule has 118 valence electrons. The largest absolute Gasteiger partial charge is 0.311 e. The Balaban J connectivity index is 1.64. The van der Waals surface area contributed by atoms with Crippen molar-refractivity contribution in [3.63, 3.8) is 0 Å². The van der Waals surface area contributed by atoms with Gasteiger partial charge < -0.3 is 5.32 Å². The Bertz CT molecular complexity index is 447. The predicted molar refractivity (Wildman–Crippen MR) is 86.4 cm³/mol. The van der Waals surface area contributed by atoms with Crippen molar-refractivity contribution in [3.05, 3.63) is 18.0 Å². The van der Waals surface area contributed by atoms with Crippen LogP contribution in [0, 0.1) is 0 Å². The number of hydrogen-bond acceptors (Lipinski definition) is 3. The molecule has 1 unspecified atom stereocenters. The second kappa shape index (κ2) is 6.49. The molecule has 1 N–H and O–H groups in total. The van der Waals surface area contributed by atoms with Crippen molar-refractivity contribution >= 4 is 0 Å². The van der Waals surface area contributed by atoms with Crippen LogP contribution in [0.5, 0.6) is 0 Å². The van der Waals surface area contributed by atoms with Gasteiger partial charge in [-0.2, -0.15) is 5.10 Å². The van der Waals surface area contributed by atoms with Crippen LogP contribution in [0.15, 0.2) is 12.4 Å². The molecule has 1 saturated heterocycles. The predicted octanol–water partition coefficient (Wildman–Crippen LogP) is 2.35. The number of nitrogens with one attached hydrogen (secondary N) is 1. The monoisotopic (exact) mass is 290 g/mol. The molecule has 0 aromatic carbocycles. The maximum absolute atomic E-state index is 4.30. The third kappa shape index (κ3) is 3.32. The van der Waals surface area contributed by atoms with E-state index in [9.17, 15) is 0 Å². The van der Waals surface area contributed by atoms with Crippen LogP contribution in [-0.2, 0) is 13.5 Å². The summed E-state index contributed by atoms with van der Waals surface area (Å²) in [6.07, 6.45) is 13.5. The average molecular weight is 290 g/mol. The fourth-order valence-electron chi connectivity index (χ4n) is 4.23. The van der Waals surface area contributed by atoms with Crippen LogP contribution >= 0.6 is 0 Å². The average Bonchev–Trinajstić information content (AvgIpc) is 3.10. The molecule has 0 radical (unpaired) electrons. The zero-order valence-electron chi connectivity index (χ0n) is 13.6. The molecule has 1 aromatic rings. The lowest BCUT2D eigenvalue weighted by Gasteiger charge is -2.48. The van der Waals surface area contributed by atoms with Crippen LogP contribution in [0.1, 0.15) is 51.0 Å². The van der Waals surface area contributed by atoms with Crippen molar-refractivity contribution in [2.24, 2.45) is 7.05 Å². The maximum Gasteiger partial charge on any atom is 0.0522 e. The summed E-state index contributed by atoms with van der Waals surface area (Å²) >= 11 is 0. The summed E-state index contributed by atoms with van der Waals surface area (Å²) in [7, 11) is 2.00. The quantitative estimate of drug-likeness (QED) is 0.903. The third-order valence-corrected chi connectivity index (χ3v) is 5.43. The van der Waals surface area contributed by atoms with Crippen LogP contribution in [-0.4, -0.2) is 45.9 Å². The van der Waals surface area contributed by atoms with E-state index in [2.05, 4.69) is 28.4 Å². The van der Waals surface area contributed by atoms with Crippen molar-refractivity contribution in [2.75, 3.05) is 19.6 Å². The van der Waals surface area contributed by atoms with Crippen molar-refractivity contribution in [2.45, 2.75) is 63.5 Å². The van der Waals surface area contributed by atoms with Crippen molar-refractivity contribution < 1.29 is 0 Å². The van der Waals surface area contributed by atoms with Gasteiger partial charge in [0.15, 0.2) is 0 Å². The highest BCUT2D eigenvalue weighted by atomic mass is 15.3. The molecule has 1 aliphatic carbocycles. The molecule has 2 aliphatic rings. The van der Waals surface area contributed by atoms with Gasteiger partial charge in [0.1, 0.15) is 0 Å². The van der Waals surface area contributed by atoms with E-state index in [4.69, 9.17) is 0 Å². The van der Waals surface area contributed by atoms with Gasteiger partial charge in [-0.15, -0.1) is 0 Å². The van der Waals surface area contributed by atoms with Gasteiger partial charge in [0.25, 0.3) is 0 Å². The summed E-state index contributed by atoms with van der Waals surface area (Å²) in [4.78, 5) is 2.81. The molecule has 1 atom stereocenters. The molecule has 2 heterocycles. The Labute approximate surface area is 128 Å². The number of rotatable bonds is 5. The Kier molecular flexibility index (Phi) is 4.65. The second-order valence-electron chi connectivity index (χ2n) is 7.02. The molecule has 0 bridgehead atoms. The van der Waals surface area contributed by atoms with E-state index >= 15 is 0 Å². The first-order valence-corrected chi connectivity index (χ1v) is 8.68. The van der Waals surface area contributed by atoms with E-state index in [1.807, 2.05) is 17.9 Å². The SMILES string of the molecule is CCCC1CN(CCc2cnn(C)c2)C2(CCCC2)CN1. The smallest absolute Gasteiger partial charge is 0.0522 e. The Hall–Kier alpha value is -0.870. The zero-order valence-corrected chi connectivity index (χ0v) is 13.6. The van der Waals surface area contributed by atoms with E-state index in [0.29, 0.717) is 11.6 Å². The summed E-state index contributed by atoms with van der Waals surface area (Å²) in [6.45, 7) is 5.91. The molecule has 1 aliphatic heterocycles. The summed E-state index contributed by atoms with van der Waals surface area (Å²) in [5, 5.41) is 8.13. The Morgan fingerprint density at radius 2 is 2.19 bits per heavy atom. The lowest BCUT2D eigenvalue weighted by Crippen LogP contribution is -2.63. The maximum atomic E-state index is 4.30. The number of nitrogens with zero attached hydrogens (tertiary/aromatic N) is 3. The number of aryl methyl sites for hydroxylation is 1. The highest BCUT2D eigenvalue weighted by molar-refractivity contribution is 5.07. The van der Waals surface area contributed by atoms with E-state index < -0.39 is 0 Å². The molecular weight excluding hydrogens is 260 g/mol. The molecule has 1 saturated carbocycles. The topological polar surface area (TPSA) is 33.1 Å². The van der Waals surface area contributed by atoms with Gasteiger partial charge in [0.2, 0.25) is 0 Å². The minimum Gasteiger partial charge on any atom is -0.311 e. The summed E-state index contributed by atoms with van der Waals surface area (Å²) < 4.78 is 1.91. The van der Waals surface area contributed by atoms with Gasteiger partial charge in [-0.3, -0.25) is 9.58 Å². The number of aromatic nitrogens is 2. The van der Waals surface area contributed by atoms with Gasteiger partial charge >= 0.3 is 0 Å². The van der Waals surface area contributed by atoms with Crippen LogP contribution in [0.25, 0.3) is 0 Å². The molecule has 1 spiro atoms. The third-order valence-electron chi connectivity index (χ3n) is 5.43. The van der Waals surface area contributed by atoms with Crippen molar-refractivity contribution in [1.82, 2.24) is 20.0 Å². The van der Waals surface area contributed by atoms with E-state index in [0.717, 1.165) is 6.42 Å². The van der Waals surface area contributed by atoms with Gasteiger partial charge in [-0.1, -0.05) is 26.2 Å². The van der Waals surface area contributed by atoms with Crippen LogP contribution in [0.2, 0.25) is 0 Å². The second-order valence-corrected chi connectivity index (χ2v) is 7.02. The first-order chi connectivity index (χ1) is 10.2. The fourth-order valence-corrected chi connectivity index (χ4v) is 4.23. The van der Waals surface area contributed by atoms with Gasteiger partial charge in [0.05, 0.1) is 6.20 Å². The van der Waals surface area contributed by atoms with Crippen LogP contribution in [0.4, 0.5) is 0 Å². The van der Waals surface area contributed by atoms with Crippen molar-refractivity contribution in [3.8, 4) is 0 Å². The zero-order chi connectivity index (χ0) is 14.7. The lowest BCUT2D eigenvalue weighted by atomic mass is 9.89. The van der Waals surface area contributed by atoms with Gasteiger partial charge in [-0.25, -0.2) is 0 Å². The van der Waals surface area contributed by atoms with Crippen LogP contribution in [0.3, 0.4) is 0 Å². The van der Waals surface area contributed by atoms with Crippen LogP contribution < -0.4 is 5.32 Å². The van der Waals surface area contributed by atoms with E-state index in [-0.39, 0.29) is 0 Å². The number of piperazine rings is 1. The van der Waals surface area contributed by atoms with Gasteiger partial charge in [0, 0.05) is 44.5 Å². The van der Waals surface area contributed by atoms with Crippen molar-refractivity contribution in [1.29, 1.82) is 0 Å². The molecule has 1 aromatic heterocycles. The summed E-state index contributed by atoms with van der Waals surface area (Å²) in [6, 6.07) is 0.690. The molecule has 21 heavy (non-hydrogen) atoms. The Morgan fingerprint density at radius 3 is 2.86 bits per heavy atom. The summed E-state index contributed by atoms with van der Waals surface area (Å²) in [5.74, 6) is 0. The number of hydrogen-bond donors (Lipinski definition) is 1. The molecule has 4 heteroatoms. The van der Waals surface area contributed by atoms with E-state index in [1.54, 1.807) is 0 Å². The molecule has 4 nitrogen and oxygen atoms in total. The minimum atomic E-state index is 0.451. The Morgan fingerprint density at radius 1 is 1.38 bits per heavy atom. The highest BCUT2D eigenvalue weighted by Crippen LogP contribution is 2.37. The minimum absolute atomic E-state index is 0.451. The standard InChI is InChI=1S/C17H30N4/c1-3-6-16-13-21(10-7-15-11-19-20(2)12-15)17(14-18-16)8-4-5-9-17/h11-12,16,18H,3-10,13-14H2,1-2H3. The highest BCUT2D eigenvalue weighted by Gasteiger charge is 2.42. The summed E-state index contributed by atoms with van der Waals surface area (Å²) in [5.41, 5.74) is 1.82. The normalized spacial score (nSPS) is 25.7.